The average Bonchev–Trinajstić information content (AvgIpc) is 3.59. The van der Waals surface area contributed by atoms with Crippen LogP contribution in [-0.2, 0) is 17.9 Å². The topological polar surface area (TPSA) is 95.1 Å². The van der Waals surface area contributed by atoms with Crippen molar-refractivity contribution < 1.29 is 13.9 Å². The Balaban J connectivity index is 1.20. The van der Waals surface area contributed by atoms with Gasteiger partial charge < -0.3 is 14.5 Å². The van der Waals surface area contributed by atoms with Gasteiger partial charge in [0, 0.05) is 23.6 Å². The zero-order chi connectivity index (χ0) is 24.6. The molecule has 0 spiro atoms. The molecular weight excluding hydrogens is 474 g/mol. The molecule has 8 nitrogen and oxygen atoms in total. The maximum Gasteiger partial charge on any atom is 0.234 e. The second-order valence-corrected chi connectivity index (χ2v) is 8.79. The molecule has 36 heavy (non-hydrogen) atoms. The third kappa shape index (κ3) is 6.00. The SMILES string of the molecule is O=C(CSc1nnc(-c2cccnc2)n1Cc1ccco1)Nc1ccc(OCc2ccccc2)cc1. The van der Waals surface area contributed by atoms with Crippen molar-refractivity contribution in [1.29, 1.82) is 0 Å². The Morgan fingerprint density at radius 3 is 2.58 bits per heavy atom. The van der Waals surface area contributed by atoms with Crippen molar-refractivity contribution in [3.63, 3.8) is 0 Å². The minimum absolute atomic E-state index is 0.145. The lowest BCUT2D eigenvalue weighted by Crippen LogP contribution is -2.14. The van der Waals surface area contributed by atoms with Crippen LogP contribution in [0.2, 0.25) is 0 Å². The fourth-order valence-corrected chi connectivity index (χ4v) is 4.25. The van der Waals surface area contributed by atoms with Gasteiger partial charge in [0.1, 0.15) is 18.1 Å². The lowest BCUT2D eigenvalue weighted by atomic mass is 10.2. The fraction of sp³-hybridized carbons (Fsp3) is 0.111. The highest BCUT2D eigenvalue weighted by atomic mass is 32.2. The Labute approximate surface area is 212 Å². The highest BCUT2D eigenvalue weighted by molar-refractivity contribution is 7.99. The molecule has 0 aliphatic carbocycles. The summed E-state index contributed by atoms with van der Waals surface area (Å²) >= 11 is 1.31. The molecule has 3 aromatic heterocycles. The summed E-state index contributed by atoms with van der Waals surface area (Å²) in [6.07, 6.45) is 5.07. The first-order valence-electron chi connectivity index (χ1n) is 11.3. The number of thioether (sulfide) groups is 1. The first-order chi connectivity index (χ1) is 17.7. The summed E-state index contributed by atoms with van der Waals surface area (Å²) < 4.78 is 13.2. The molecule has 0 fully saturated rings. The summed E-state index contributed by atoms with van der Waals surface area (Å²) in [6.45, 7) is 0.932. The highest BCUT2D eigenvalue weighted by Gasteiger charge is 2.17. The molecule has 180 valence electrons. The standard InChI is InChI=1S/C27H23N5O3S/c33-25(29-22-10-12-23(13-11-22)35-18-20-6-2-1-3-7-20)19-36-27-31-30-26(21-8-4-14-28-16-21)32(27)17-24-9-5-15-34-24/h1-16H,17-19H2,(H,29,33). The predicted molar refractivity (Wildman–Crippen MR) is 138 cm³/mol. The van der Waals surface area contributed by atoms with E-state index < -0.39 is 0 Å². The number of furan rings is 1. The quantitative estimate of drug-likeness (QED) is 0.262. The van der Waals surface area contributed by atoms with Gasteiger partial charge in [-0.15, -0.1) is 10.2 Å². The molecular formula is C27H23N5O3S. The normalized spacial score (nSPS) is 10.8. The molecule has 1 amide bonds. The van der Waals surface area contributed by atoms with Gasteiger partial charge in [-0.25, -0.2) is 0 Å². The van der Waals surface area contributed by atoms with Crippen molar-refractivity contribution in [2.24, 2.45) is 0 Å². The number of nitrogens with zero attached hydrogens (tertiary/aromatic N) is 4. The van der Waals surface area contributed by atoms with Gasteiger partial charge in [0.2, 0.25) is 5.91 Å². The molecule has 0 unspecified atom stereocenters. The van der Waals surface area contributed by atoms with Crippen molar-refractivity contribution in [2.45, 2.75) is 18.3 Å². The maximum atomic E-state index is 12.6. The summed E-state index contributed by atoms with van der Waals surface area (Å²) in [5, 5.41) is 12.2. The van der Waals surface area contributed by atoms with Crippen molar-refractivity contribution in [3.8, 4) is 17.1 Å². The van der Waals surface area contributed by atoms with E-state index in [1.807, 2.05) is 83.4 Å². The predicted octanol–water partition coefficient (Wildman–Crippen LogP) is 5.29. The van der Waals surface area contributed by atoms with E-state index in [9.17, 15) is 4.79 Å². The van der Waals surface area contributed by atoms with Crippen LogP contribution >= 0.6 is 11.8 Å². The van der Waals surface area contributed by atoms with Gasteiger partial charge in [-0.3, -0.25) is 14.3 Å². The third-order valence-corrected chi connectivity index (χ3v) is 6.22. The average molecular weight is 498 g/mol. The Morgan fingerprint density at radius 1 is 0.972 bits per heavy atom. The molecule has 5 aromatic rings. The largest absolute Gasteiger partial charge is 0.489 e. The maximum absolute atomic E-state index is 12.6. The van der Waals surface area contributed by atoms with Gasteiger partial charge in [0.05, 0.1) is 18.6 Å². The van der Waals surface area contributed by atoms with Crippen LogP contribution in [0.1, 0.15) is 11.3 Å². The van der Waals surface area contributed by atoms with Crippen LogP contribution in [0.15, 0.2) is 107 Å². The number of carbonyl (C=O) groups excluding carboxylic acids is 1. The van der Waals surface area contributed by atoms with Gasteiger partial charge >= 0.3 is 0 Å². The van der Waals surface area contributed by atoms with Gasteiger partial charge in [0.15, 0.2) is 11.0 Å². The molecule has 9 heteroatoms. The van der Waals surface area contributed by atoms with E-state index in [0.29, 0.717) is 29.8 Å². The van der Waals surface area contributed by atoms with Crippen molar-refractivity contribution in [3.05, 3.63) is 109 Å². The smallest absolute Gasteiger partial charge is 0.234 e. The van der Waals surface area contributed by atoms with Gasteiger partial charge in [-0.05, 0) is 54.1 Å². The number of carbonyl (C=O) groups is 1. The van der Waals surface area contributed by atoms with Crippen LogP contribution in [0.3, 0.4) is 0 Å². The number of benzene rings is 2. The number of anilines is 1. The van der Waals surface area contributed by atoms with E-state index in [1.165, 1.54) is 11.8 Å². The molecule has 0 aliphatic heterocycles. The van der Waals surface area contributed by atoms with E-state index >= 15 is 0 Å². The zero-order valence-electron chi connectivity index (χ0n) is 19.3. The number of rotatable bonds is 10. The molecule has 0 bridgehead atoms. The summed E-state index contributed by atoms with van der Waals surface area (Å²) in [6, 6.07) is 24.8. The number of nitrogens with one attached hydrogen (secondary N) is 1. The van der Waals surface area contributed by atoms with E-state index in [-0.39, 0.29) is 11.7 Å². The second-order valence-electron chi connectivity index (χ2n) is 7.85. The lowest BCUT2D eigenvalue weighted by Gasteiger charge is -2.10. The highest BCUT2D eigenvalue weighted by Crippen LogP contribution is 2.25. The van der Waals surface area contributed by atoms with Crippen LogP contribution in [-0.4, -0.2) is 31.4 Å². The summed E-state index contributed by atoms with van der Waals surface area (Å²) in [5.74, 6) is 2.19. The van der Waals surface area contributed by atoms with Crippen molar-refractivity contribution in [1.82, 2.24) is 19.7 Å². The van der Waals surface area contributed by atoms with Crippen LogP contribution in [0.5, 0.6) is 5.75 Å². The Hall–Kier alpha value is -4.37. The van der Waals surface area contributed by atoms with Crippen LogP contribution in [0.25, 0.3) is 11.4 Å². The molecule has 0 saturated heterocycles. The van der Waals surface area contributed by atoms with E-state index in [1.54, 1.807) is 18.7 Å². The van der Waals surface area contributed by atoms with Gasteiger partial charge in [0.25, 0.3) is 0 Å². The Bertz CT molecular complexity index is 1390. The van der Waals surface area contributed by atoms with Crippen molar-refractivity contribution >= 4 is 23.4 Å². The molecule has 5 rings (SSSR count). The minimum Gasteiger partial charge on any atom is -0.489 e. The molecule has 1 N–H and O–H groups in total. The minimum atomic E-state index is -0.145. The van der Waals surface area contributed by atoms with Crippen molar-refractivity contribution in [2.75, 3.05) is 11.1 Å². The Morgan fingerprint density at radius 2 is 1.83 bits per heavy atom. The van der Waals surface area contributed by atoms with Crippen LogP contribution < -0.4 is 10.1 Å². The van der Waals surface area contributed by atoms with E-state index in [2.05, 4.69) is 20.5 Å². The fourth-order valence-electron chi connectivity index (χ4n) is 3.51. The van der Waals surface area contributed by atoms with Gasteiger partial charge in [-0.1, -0.05) is 42.1 Å². The first-order valence-corrected chi connectivity index (χ1v) is 12.3. The van der Waals surface area contributed by atoms with E-state index in [4.69, 9.17) is 9.15 Å². The summed E-state index contributed by atoms with van der Waals surface area (Å²) in [4.78, 5) is 16.8. The van der Waals surface area contributed by atoms with E-state index in [0.717, 1.165) is 22.6 Å². The molecule has 0 aliphatic rings. The number of hydrogen-bond acceptors (Lipinski definition) is 7. The number of hydrogen-bond donors (Lipinski definition) is 1. The summed E-state index contributed by atoms with van der Waals surface area (Å²) in [7, 11) is 0. The molecule has 3 heterocycles. The number of aromatic nitrogens is 4. The zero-order valence-corrected chi connectivity index (χ0v) is 20.1. The van der Waals surface area contributed by atoms with Crippen LogP contribution in [0.4, 0.5) is 5.69 Å². The monoisotopic (exact) mass is 497 g/mol. The van der Waals surface area contributed by atoms with Gasteiger partial charge in [-0.2, -0.15) is 0 Å². The number of ether oxygens (including phenoxy) is 1. The molecule has 0 atom stereocenters. The Kier molecular flexibility index (Phi) is 7.38. The molecule has 2 aromatic carbocycles. The molecule has 0 saturated carbocycles. The van der Waals surface area contributed by atoms with Crippen LogP contribution in [0, 0.1) is 0 Å². The summed E-state index contributed by atoms with van der Waals surface area (Å²) in [5.41, 5.74) is 2.63. The second kappa shape index (κ2) is 11.4. The molecule has 0 radical (unpaired) electrons. The first kappa shape index (κ1) is 23.4. The lowest BCUT2D eigenvalue weighted by molar-refractivity contribution is -0.113. The third-order valence-electron chi connectivity index (χ3n) is 5.25. The number of pyridine rings is 1. The number of amides is 1.